The molecular formula is C10H6BrF2N. The first-order valence-electron chi connectivity index (χ1n) is 4.01. The summed E-state index contributed by atoms with van der Waals surface area (Å²) in [7, 11) is 0. The molecule has 0 saturated heterocycles. The van der Waals surface area contributed by atoms with Gasteiger partial charge in [0.1, 0.15) is 0 Å². The van der Waals surface area contributed by atoms with E-state index in [0.717, 1.165) is 6.07 Å². The first kappa shape index (κ1) is 9.52. The number of nitrogens with zero attached hydrogens (tertiary/aromatic N) is 1. The lowest BCUT2D eigenvalue weighted by Gasteiger charge is -2.04. The number of benzene rings is 1. The zero-order chi connectivity index (χ0) is 10.1. The number of halogens is 3. The molecule has 2 rings (SSSR count). The molecule has 4 heteroatoms. The molecule has 0 atom stereocenters. The second kappa shape index (κ2) is 3.61. The normalized spacial score (nSPS) is 10.8. The molecule has 1 heterocycles. The zero-order valence-corrected chi connectivity index (χ0v) is 8.68. The number of aromatic nitrogens is 1. The molecule has 0 aliphatic carbocycles. The number of pyridine rings is 1. The zero-order valence-electron chi connectivity index (χ0n) is 7.10. The predicted octanol–water partition coefficient (Wildman–Crippen LogP) is 3.41. The number of rotatable bonds is 1. The highest BCUT2D eigenvalue weighted by Gasteiger charge is 2.12. The summed E-state index contributed by atoms with van der Waals surface area (Å²) in [6.45, 7) is 0. The summed E-state index contributed by atoms with van der Waals surface area (Å²) in [5.41, 5.74) is 0.767. The summed E-state index contributed by atoms with van der Waals surface area (Å²) in [5.74, 6) is -1.66. The maximum Gasteiger partial charge on any atom is 0.165 e. The van der Waals surface area contributed by atoms with Gasteiger partial charge in [-0.3, -0.25) is 4.98 Å². The van der Waals surface area contributed by atoms with Crippen LogP contribution in [0, 0.1) is 11.6 Å². The number of alkyl halides is 1. The van der Waals surface area contributed by atoms with E-state index in [4.69, 9.17) is 0 Å². The van der Waals surface area contributed by atoms with Crippen molar-refractivity contribution in [3.8, 4) is 0 Å². The smallest absolute Gasteiger partial charge is 0.165 e. The Bertz CT molecular complexity index is 485. The summed E-state index contributed by atoms with van der Waals surface area (Å²) in [4.78, 5) is 4.02. The molecule has 72 valence electrons. The van der Waals surface area contributed by atoms with Crippen LogP contribution in [0.5, 0.6) is 0 Å². The van der Waals surface area contributed by atoms with E-state index in [0.29, 0.717) is 10.9 Å². The van der Waals surface area contributed by atoms with Gasteiger partial charge in [-0.2, -0.15) is 0 Å². The van der Waals surface area contributed by atoms with Crippen molar-refractivity contribution in [2.45, 2.75) is 5.33 Å². The van der Waals surface area contributed by atoms with Gasteiger partial charge < -0.3 is 0 Å². The van der Waals surface area contributed by atoms with E-state index in [-0.39, 0.29) is 10.9 Å². The molecule has 0 radical (unpaired) electrons. The highest BCUT2D eigenvalue weighted by Crippen LogP contribution is 2.24. The van der Waals surface area contributed by atoms with Gasteiger partial charge in [-0.25, -0.2) is 8.78 Å². The fraction of sp³-hybridized carbons (Fsp3) is 0.100. The van der Waals surface area contributed by atoms with Gasteiger partial charge in [-0.1, -0.05) is 22.0 Å². The van der Waals surface area contributed by atoms with Gasteiger partial charge in [-0.05, 0) is 12.1 Å². The van der Waals surface area contributed by atoms with Gasteiger partial charge in [0.15, 0.2) is 11.6 Å². The lowest BCUT2D eigenvalue weighted by atomic mass is 10.1. The van der Waals surface area contributed by atoms with Crippen LogP contribution in [0.4, 0.5) is 8.78 Å². The van der Waals surface area contributed by atoms with Crippen LogP contribution < -0.4 is 0 Å². The van der Waals surface area contributed by atoms with Gasteiger partial charge in [0.25, 0.3) is 0 Å². The van der Waals surface area contributed by atoms with Crippen molar-refractivity contribution in [1.82, 2.24) is 4.98 Å². The van der Waals surface area contributed by atoms with Crippen LogP contribution in [0.15, 0.2) is 24.4 Å². The average molecular weight is 258 g/mol. The van der Waals surface area contributed by atoms with E-state index >= 15 is 0 Å². The second-order valence-corrected chi connectivity index (χ2v) is 3.42. The van der Waals surface area contributed by atoms with E-state index in [1.807, 2.05) is 0 Å². The first-order valence-corrected chi connectivity index (χ1v) is 5.13. The third-order valence-electron chi connectivity index (χ3n) is 2.02. The highest BCUT2D eigenvalue weighted by atomic mass is 79.9. The molecule has 0 fully saturated rings. The SMILES string of the molecule is Fc1cc2cccnc2c(CBr)c1F. The Morgan fingerprint density at radius 3 is 2.86 bits per heavy atom. The standard InChI is InChI=1S/C10H6BrF2N/c11-5-7-9(13)8(12)4-6-2-1-3-14-10(6)7/h1-4H,5H2. The Hall–Kier alpha value is -1.03. The van der Waals surface area contributed by atoms with Crippen molar-refractivity contribution in [3.63, 3.8) is 0 Å². The van der Waals surface area contributed by atoms with E-state index in [1.54, 1.807) is 18.3 Å². The number of hydrogen-bond donors (Lipinski definition) is 0. The van der Waals surface area contributed by atoms with Crippen molar-refractivity contribution in [3.05, 3.63) is 41.6 Å². The molecule has 0 amide bonds. The number of fused-ring (bicyclic) bond motifs is 1. The summed E-state index contributed by atoms with van der Waals surface area (Å²) in [6.07, 6.45) is 1.56. The maximum absolute atomic E-state index is 13.3. The third kappa shape index (κ3) is 1.39. The van der Waals surface area contributed by atoms with Crippen molar-refractivity contribution >= 4 is 26.8 Å². The molecule has 0 saturated carbocycles. The summed E-state index contributed by atoms with van der Waals surface area (Å²) >= 11 is 3.12. The molecule has 0 aliphatic rings. The molecule has 0 N–H and O–H groups in total. The van der Waals surface area contributed by atoms with Crippen molar-refractivity contribution in [2.75, 3.05) is 0 Å². The van der Waals surface area contributed by atoms with Gasteiger partial charge in [-0.15, -0.1) is 0 Å². The minimum absolute atomic E-state index is 0.254. The van der Waals surface area contributed by atoms with Crippen LogP contribution in [-0.2, 0) is 5.33 Å². The molecule has 0 bridgehead atoms. The minimum atomic E-state index is -0.833. The molecule has 1 aromatic heterocycles. The van der Waals surface area contributed by atoms with Crippen LogP contribution in [-0.4, -0.2) is 4.98 Å². The van der Waals surface area contributed by atoms with E-state index in [1.165, 1.54) is 0 Å². The first-order chi connectivity index (χ1) is 6.74. The van der Waals surface area contributed by atoms with E-state index in [9.17, 15) is 8.78 Å². The summed E-state index contributed by atoms with van der Waals surface area (Å²) in [6, 6.07) is 4.55. The van der Waals surface area contributed by atoms with Crippen LogP contribution in [0.3, 0.4) is 0 Å². The lowest BCUT2D eigenvalue weighted by Crippen LogP contribution is -1.95. The lowest BCUT2D eigenvalue weighted by molar-refractivity contribution is 0.505. The topological polar surface area (TPSA) is 12.9 Å². The number of hydrogen-bond acceptors (Lipinski definition) is 1. The van der Waals surface area contributed by atoms with Gasteiger partial charge in [0, 0.05) is 22.5 Å². The molecule has 2 aromatic rings. The third-order valence-corrected chi connectivity index (χ3v) is 2.58. The highest BCUT2D eigenvalue weighted by molar-refractivity contribution is 9.08. The fourth-order valence-corrected chi connectivity index (χ4v) is 1.87. The Labute approximate surface area is 87.9 Å². The Morgan fingerprint density at radius 1 is 1.36 bits per heavy atom. The molecule has 1 aromatic carbocycles. The van der Waals surface area contributed by atoms with Gasteiger partial charge >= 0.3 is 0 Å². The summed E-state index contributed by atoms with van der Waals surface area (Å²) in [5, 5.41) is 0.866. The largest absolute Gasteiger partial charge is 0.256 e. The van der Waals surface area contributed by atoms with Crippen molar-refractivity contribution < 1.29 is 8.78 Å². The molecular weight excluding hydrogens is 252 g/mol. The van der Waals surface area contributed by atoms with E-state index in [2.05, 4.69) is 20.9 Å². The van der Waals surface area contributed by atoms with Crippen LogP contribution in [0.1, 0.15) is 5.56 Å². The Morgan fingerprint density at radius 2 is 2.14 bits per heavy atom. The van der Waals surface area contributed by atoms with Gasteiger partial charge in [0.05, 0.1) is 5.52 Å². The van der Waals surface area contributed by atoms with Crippen LogP contribution in [0.25, 0.3) is 10.9 Å². The second-order valence-electron chi connectivity index (χ2n) is 2.86. The molecule has 0 aliphatic heterocycles. The quantitative estimate of drug-likeness (QED) is 0.714. The predicted molar refractivity (Wildman–Crippen MR) is 54.3 cm³/mol. The monoisotopic (exact) mass is 257 g/mol. The minimum Gasteiger partial charge on any atom is -0.256 e. The van der Waals surface area contributed by atoms with Crippen LogP contribution >= 0.6 is 15.9 Å². The molecule has 1 nitrogen and oxygen atoms in total. The van der Waals surface area contributed by atoms with Crippen LogP contribution in [0.2, 0.25) is 0 Å². The maximum atomic E-state index is 13.3. The molecule has 0 unspecified atom stereocenters. The van der Waals surface area contributed by atoms with E-state index < -0.39 is 11.6 Å². The Balaban J connectivity index is 2.89. The average Bonchev–Trinajstić information content (AvgIpc) is 2.20. The summed E-state index contributed by atoms with van der Waals surface area (Å²) < 4.78 is 26.4. The molecule has 14 heavy (non-hydrogen) atoms. The fourth-order valence-electron chi connectivity index (χ4n) is 1.36. The molecule has 0 spiro atoms. The van der Waals surface area contributed by atoms with Gasteiger partial charge in [0.2, 0.25) is 0 Å². The van der Waals surface area contributed by atoms with Crippen molar-refractivity contribution in [1.29, 1.82) is 0 Å². The van der Waals surface area contributed by atoms with Crippen molar-refractivity contribution in [2.24, 2.45) is 0 Å². The Kier molecular flexibility index (Phi) is 2.46.